The molecule has 0 atom stereocenters. The summed E-state index contributed by atoms with van der Waals surface area (Å²) < 4.78 is 5.46. The lowest BCUT2D eigenvalue weighted by atomic mass is 10.2. The highest BCUT2D eigenvalue weighted by molar-refractivity contribution is 5.96. The molecule has 1 fully saturated rings. The average molecular weight is 237 g/mol. The molecule has 2 rings (SSSR count). The first kappa shape index (κ1) is 11.3. The van der Waals surface area contributed by atoms with Crippen molar-refractivity contribution in [2.45, 2.75) is 18.9 Å². The minimum absolute atomic E-state index is 0.0559. The van der Waals surface area contributed by atoms with Crippen LogP contribution in [0.1, 0.15) is 23.2 Å². The van der Waals surface area contributed by atoms with Gasteiger partial charge < -0.3 is 20.2 Å². The lowest BCUT2D eigenvalue weighted by Crippen LogP contribution is -2.19. The number of rotatable bonds is 4. The Morgan fingerprint density at radius 1 is 1.65 bits per heavy atom. The lowest BCUT2D eigenvalue weighted by Gasteiger charge is -2.07. The van der Waals surface area contributed by atoms with E-state index in [0.29, 0.717) is 0 Å². The van der Waals surface area contributed by atoms with Gasteiger partial charge in [0, 0.05) is 7.05 Å². The Balaban J connectivity index is 2.35. The summed E-state index contributed by atoms with van der Waals surface area (Å²) in [6.45, 7) is 0. The van der Waals surface area contributed by atoms with Crippen LogP contribution < -0.4 is 10.1 Å². The largest absolute Gasteiger partial charge is 0.489 e. The van der Waals surface area contributed by atoms with E-state index in [2.05, 4.69) is 10.3 Å². The molecule has 0 saturated heterocycles. The number of hydrogen-bond donors (Lipinski definition) is 1. The van der Waals surface area contributed by atoms with Crippen molar-refractivity contribution < 1.29 is 14.5 Å². The third-order valence-corrected chi connectivity index (χ3v) is 2.33. The van der Waals surface area contributed by atoms with Gasteiger partial charge in [-0.3, -0.25) is 4.79 Å². The van der Waals surface area contributed by atoms with Crippen LogP contribution in [0.3, 0.4) is 0 Å². The van der Waals surface area contributed by atoms with Gasteiger partial charge in [0.15, 0.2) is 6.20 Å². The third kappa shape index (κ3) is 2.49. The van der Waals surface area contributed by atoms with Gasteiger partial charge in [-0.25, -0.2) is 0 Å². The lowest BCUT2D eigenvalue weighted by molar-refractivity contribution is -0.389. The minimum atomic E-state index is -0.618. The SMILES string of the molecule is CNC(=O)c1cnc([N+](=O)[O-])cc1OC1CC1. The molecule has 0 radical (unpaired) electrons. The quantitative estimate of drug-likeness (QED) is 0.619. The van der Waals surface area contributed by atoms with E-state index < -0.39 is 4.92 Å². The standard InChI is InChI=1S/C10H11N3O4/c1-11-10(14)7-5-12-9(13(15)16)4-8(7)17-6-2-3-6/h4-6H,2-3H2,1H3,(H,11,14). The fraction of sp³-hybridized carbons (Fsp3) is 0.400. The first-order valence-corrected chi connectivity index (χ1v) is 5.15. The Morgan fingerprint density at radius 2 is 2.35 bits per heavy atom. The number of ether oxygens (including phenoxy) is 1. The monoisotopic (exact) mass is 237 g/mol. The van der Waals surface area contributed by atoms with Crippen LogP contribution in [-0.4, -0.2) is 29.0 Å². The van der Waals surface area contributed by atoms with E-state index in [1.165, 1.54) is 13.1 Å². The number of carbonyl (C=O) groups is 1. The van der Waals surface area contributed by atoms with Gasteiger partial charge in [-0.1, -0.05) is 0 Å². The van der Waals surface area contributed by atoms with Crippen LogP contribution in [0.4, 0.5) is 5.82 Å². The fourth-order valence-corrected chi connectivity index (χ4v) is 1.29. The van der Waals surface area contributed by atoms with Crippen molar-refractivity contribution in [1.82, 2.24) is 10.3 Å². The molecule has 1 amide bonds. The zero-order valence-electron chi connectivity index (χ0n) is 9.17. The second-order valence-electron chi connectivity index (χ2n) is 3.69. The van der Waals surface area contributed by atoms with E-state index in [1.807, 2.05) is 0 Å². The summed E-state index contributed by atoms with van der Waals surface area (Å²) in [6.07, 6.45) is 3.03. The Bertz CT molecular complexity index is 471. The first-order valence-electron chi connectivity index (χ1n) is 5.15. The summed E-state index contributed by atoms with van der Waals surface area (Å²) >= 11 is 0. The Hall–Kier alpha value is -2.18. The third-order valence-electron chi connectivity index (χ3n) is 2.33. The van der Waals surface area contributed by atoms with Crippen LogP contribution in [0.5, 0.6) is 5.75 Å². The molecule has 1 aromatic heterocycles. The smallest absolute Gasteiger partial charge is 0.367 e. The molecule has 1 N–H and O–H groups in total. The molecular formula is C10H11N3O4. The van der Waals surface area contributed by atoms with Crippen molar-refractivity contribution in [1.29, 1.82) is 0 Å². The number of carbonyl (C=O) groups excluding carboxylic acids is 1. The second kappa shape index (κ2) is 4.36. The van der Waals surface area contributed by atoms with Crippen molar-refractivity contribution in [2.75, 3.05) is 7.05 Å². The Kier molecular flexibility index (Phi) is 2.90. The van der Waals surface area contributed by atoms with Crippen molar-refractivity contribution in [3.63, 3.8) is 0 Å². The van der Waals surface area contributed by atoms with Gasteiger partial charge in [0.2, 0.25) is 0 Å². The van der Waals surface area contributed by atoms with E-state index in [-0.39, 0.29) is 29.1 Å². The van der Waals surface area contributed by atoms with E-state index >= 15 is 0 Å². The predicted octanol–water partition coefficient (Wildman–Crippen LogP) is 0.891. The zero-order chi connectivity index (χ0) is 12.4. The fourth-order valence-electron chi connectivity index (χ4n) is 1.29. The second-order valence-corrected chi connectivity index (χ2v) is 3.69. The normalized spacial score (nSPS) is 14.2. The summed E-state index contributed by atoms with van der Waals surface area (Å²) in [4.78, 5) is 25.1. The van der Waals surface area contributed by atoms with Crippen molar-refractivity contribution in [3.05, 3.63) is 27.9 Å². The molecule has 90 valence electrons. The number of pyridine rings is 1. The molecule has 1 aromatic rings. The molecule has 0 bridgehead atoms. The number of amides is 1. The van der Waals surface area contributed by atoms with Crippen molar-refractivity contribution in [2.24, 2.45) is 0 Å². The average Bonchev–Trinajstić information content (AvgIpc) is 3.11. The van der Waals surface area contributed by atoms with E-state index in [1.54, 1.807) is 0 Å². The van der Waals surface area contributed by atoms with Crippen LogP contribution in [-0.2, 0) is 0 Å². The molecule has 0 spiro atoms. The maximum Gasteiger partial charge on any atom is 0.367 e. The number of hydrogen-bond acceptors (Lipinski definition) is 5. The molecule has 0 aliphatic heterocycles. The van der Waals surface area contributed by atoms with Crippen LogP contribution in [0, 0.1) is 10.1 Å². The van der Waals surface area contributed by atoms with Crippen molar-refractivity contribution in [3.8, 4) is 5.75 Å². The number of nitrogens with zero attached hydrogens (tertiary/aromatic N) is 2. The Labute approximate surface area is 96.9 Å². The summed E-state index contributed by atoms with van der Waals surface area (Å²) in [5, 5.41) is 13.0. The minimum Gasteiger partial charge on any atom is -0.489 e. The molecule has 7 heteroatoms. The molecule has 0 unspecified atom stereocenters. The van der Waals surface area contributed by atoms with Gasteiger partial charge in [0.05, 0.1) is 12.2 Å². The van der Waals surface area contributed by atoms with Gasteiger partial charge in [0.1, 0.15) is 11.3 Å². The van der Waals surface area contributed by atoms with Gasteiger partial charge in [-0.2, -0.15) is 0 Å². The topological polar surface area (TPSA) is 94.4 Å². The van der Waals surface area contributed by atoms with Crippen LogP contribution in [0.2, 0.25) is 0 Å². The van der Waals surface area contributed by atoms with Crippen LogP contribution >= 0.6 is 0 Å². The predicted molar refractivity (Wildman–Crippen MR) is 57.9 cm³/mol. The molecule has 7 nitrogen and oxygen atoms in total. The molecule has 1 aliphatic rings. The summed E-state index contributed by atoms with van der Waals surface area (Å²) in [5.41, 5.74) is 0.213. The number of aromatic nitrogens is 1. The highest BCUT2D eigenvalue weighted by atomic mass is 16.6. The van der Waals surface area contributed by atoms with Gasteiger partial charge >= 0.3 is 5.82 Å². The summed E-state index contributed by atoms with van der Waals surface area (Å²) in [5.74, 6) is -0.482. The molecule has 0 aromatic carbocycles. The maximum atomic E-state index is 11.5. The molecule has 1 heterocycles. The van der Waals surface area contributed by atoms with Crippen LogP contribution in [0.15, 0.2) is 12.3 Å². The number of nitro groups is 1. The van der Waals surface area contributed by atoms with E-state index in [9.17, 15) is 14.9 Å². The van der Waals surface area contributed by atoms with Gasteiger partial charge in [0.25, 0.3) is 5.91 Å². The zero-order valence-corrected chi connectivity index (χ0v) is 9.17. The number of nitrogens with one attached hydrogen (secondary N) is 1. The molecule has 17 heavy (non-hydrogen) atoms. The molecule has 1 saturated carbocycles. The van der Waals surface area contributed by atoms with Crippen molar-refractivity contribution >= 4 is 11.7 Å². The van der Waals surface area contributed by atoms with E-state index in [0.717, 1.165) is 19.0 Å². The summed E-state index contributed by atoms with van der Waals surface area (Å²) in [6, 6.07) is 1.18. The molecular weight excluding hydrogens is 226 g/mol. The highest BCUT2D eigenvalue weighted by Crippen LogP contribution is 2.30. The first-order chi connectivity index (χ1) is 8.11. The Morgan fingerprint density at radius 3 is 2.88 bits per heavy atom. The van der Waals surface area contributed by atoms with Gasteiger partial charge in [-0.05, 0) is 22.7 Å². The maximum absolute atomic E-state index is 11.5. The molecule has 1 aliphatic carbocycles. The van der Waals surface area contributed by atoms with E-state index in [4.69, 9.17) is 4.74 Å². The summed E-state index contributed by atoms with van der Waals surface area (Å²) in [7, 11) is 1.48. The van der Waals surface area contributed by atoms with Gasteiger partial charge in [-0.15, -0.1) is 0 Å². The highest BCUT2D eigenvalue weighted by Gasteiger charge is 2.27. The van der Waals surface area contributed by atoms with Crippen LogP contribution in [0.25, 0.3) is 0 Å².